The Morgan fingerprint density at radius 2 is 2.04 bits per heavy atom. The maximum Gasteiger partial charge on any atom is 0.239 e. The molecule has 2 rings (SSSR count). The number of hydrogen-bond donors (Lipinski definition) is 3. The van der Waals surface area contributed by atoms with E-state index in [0.29, 0.717) is 0 Å². The van der Waals surface area contributed by atoms with E-state index < -0.39 is 6.04 Å². The summed E-state index contributed by atoms with van der Waals surface area (Å²) in [6.45, 7) is 5.38. The van der Waals surface area contributed by atoms with E-state index in [0.717, 1.165) is 37.4 Å². The highest BCUT2D eigenvalue weighted by atomic mass is 35.5. The largest absolute Gasteiger partial charge is 0.497 e. The van der Waals surface area contributed by atoms with Crippen LogP contribution in [0.1, 0.15) is 26.7 Å². The second-order valence-corrected chi connectivity index (χ2v) is 7.04. The predicted molar refractivity (Wildman–Crippen MR) is 117 cm³/mol. The summed E-state index contributed by atoms with van der Waals surface area (Å²) in [7, 11) is 1.65. The van der Waals surface area contributed by atoms with Gasteiger partial charge in [-0.15, -0.1) is 24.8 Å². The summed E-state index contributed by atoms with van der Waals surface area (Å²) < 4.78 is 5.28. The number of carbonyl (C=O) groups excluding carboxylic acids is 2. The number of amides is 2. The number of hydrogen-bond acceptors (Lipinski definition) is 5. The van der Waals surface area contributed by atoms with Gasteiger partial charge < -0.3 is 26.0 Å². The molecule has 1 heterocycles. The minimum absolute atomic E-state index is 0. The Labute approximate surface area is 179 Å². The molecule has 0 bridgehead atoms. The van der Waals surface area contributed by atoms with Crippen molar-refractivity contribution in [1.82, 2.24) is 10.6 Å². The Balaban J connectivity index is 0.00000364. The molecule has 7 nitrogen and oxygen atoms in total. The van der Waals surface area contributed by atoms with Gasteiger partial charge in [0.1, 0.15) is 5.75 Å². The summed E-state index contributed by atoms with van der Waals surface area (Å²) in [5.74, 6) is 0.370. The number of nitrogens with zero attached hydrogens (tertiary/aromatic N) is 1. The molecule has 2 atom stereocenters. The van der Waals surface area contributed by atoms with Crippen LogP contribution in [-0.2, 0) is 9.59 Å². The van der Waals surface area contributed by atoms with Crippen molar-refractivity contribution >= 4 is 42.3 Å². The highest BCUT2D eigenvalue weighted by Gasteiger charge is 2.23. The molecular formula is C19H32Cl2N4O3. The van der Waals surface area contributed by atoms with Gasteiger partial charge in [-0.3, -0.25) is 9.59 Å². The fourth-order valence-electron chi connectivity index (χ4n) is 3.00. The first kappa shape index (κ1) is 26.3. The molecular weight excluding hydrogens is 403 g/mol. The first-order valence-corrected chi connectivity index (χ1v) is 9.12. The van der Waals surface area contributed by atoms with Crippen LogP contribution in [-0.4, -0.2) is 50.6 Å². The monoisotopic (exact) mass is 434 g/mol. The Hall–Kier alpha value is -1.70. The van der Waals surface area contributed by atoms with Gasteiger partial charge in [-0.1, -0.05) is 19.9 Å². The number of ether oxygens (including phenoxy) is 1. The van der Waals surface area contributed by atoms with Crippen molar-refractivity contribution in [3.63, 3.8) is 0 Å². The number of rotatable bonds is 7. The predicted octanol–water partition coefficient (Wildman–Crippen LogP) is 1.72. The second kappa shape index (κ2) is 12.7. The van der Waals surface area contributed by atoms with E-state index in [2.05, 4.69) is 15.5 Å². The number of halogens is 2. The van der Waals surface area contributed by atoms with Gasteiger partial charge >= 0.3 is 0 Å². The standard InChI is InChI=1S/C19H30N4O3.2ClH/c1-13(2)18(20)19(25)21-11-17(24)22-14-6-5-9-23(12-14)15-7-4-8-16(10-15)26-3;;/h4,7-8,10,13-14,18H,5-6,9,11-12,20H2,1-3H3,(H,21,25)(H,22,24);2*1H/t14?,18-;;/m0../s1. The molecule has 1 aliphatic heterocycles. The summed E-state index contributed by atoms with van der Waals surface area (Å²) in [4.78, 5) is 26.2. The van der Waals surface area contributed by atoms with Crippen LogP contribution < -0.4 is 26.0 Å². The van der Waals surface area contributed by atoms with Crippen LogP contribution >= 0.6 is 24.8 Å². The van der Waals surface area contributed by atoms with Crippen molar-refractivity contribution < 1.29 is 14.3 Å². The zero-order chi connectivity index (χ0) is 19.1. The molecule has 1 aromatic carbocycles. The van der Waals surface area contributed by atoms with Crippen molar-refractivity contribution in [3.8, 4) is 5.75 Å². The number of methoxy groups -OCH3 is 1. The van der Waals surface area contributed by atoms with Gasteiger partial charge in [0.25, 0.3) is 0 Å². The lowest BCUT2D eigenvalue weighted by Crippen LogP contribution is -2.52. The minimum Gasteiger partial charge on any atom is -0.497 e. The molecule has 0 aliphatic carbocycles. The average Bonchev–Trinajstić information content (AvgIpc) is 2.65. The molecule has 0 aromatic heterocycles. The van der Waals surface area contributed by atoms with Gasteiger partial charge in [-0.25, -0.2) is 0 Å². The summed E-state index contributed by atoms with van der Waals surface area (Å²) in [5, 5.41) is 5.61. The van der Waals surface area contributed by atoms with Gasteiger partial charge in [-0.05, 0) is 30.9 Å². The lowest BCUT2D eigenvalue weighted by atomic mass is 10.0. The van der Waals surface area contributed by atoms with Gasteiger partial charge in [-0.2, -0.15) is 0 Å². The Morgan fingerprint density at radius 3 is 2.68 bits per heavy atom. The fourth-order valence-corrected chi connectivity index (χ4v) is 3.00. The minimum atomic E-state index is -0.596. The van der Waals surface area contributed by atoms with Crippen molar-refractivity contribution in [2.75, 3.05) is 31.6 Å². The highest BCUT2D eigenvalue weighted by molar-refractivity contribution is 5.87. The van der Waals surface area contributed by atoms with Crippen LogP contribution in [0.25, 0.3) is 0 Å². The normalized spacial score (nSPS) is 17.0. The topological polar surface area (TPSA) is 96.7 Å². The van der Waals surface area contributed by atoms with E-state index in [1.165, 1.54) is 0 Å². The smallest absolute Gasteiger partial charge is 0.239 e. The summed E-state index contributed by atoms with van der Waals surface area (Å²) in [5.41, 5.74) is 6.86. The molecule has 1 saturated heterocycles. The van der Waals surface area contributed by atoms with Crippen LogP contribution in [0, 0.1) is 5.92 Å². The maximum absolute atomic E-state index is 12.1. The molecule has 1 aliphatic rings. The van der Waals surface area contributed by atoms with E-state index in [-0.39, 0.29) is 55.1 Å². The van der Waals surface area contributed by atoms with Crippen molar-refractivity contribution in [2.24, 2.45) is 11.7 Å². The quantitative estimate of drug-likeness (QED) is 0.606. The molecule has 28 heavy (non-hydrogen) atoms. The highest BCUT2D eigenvalue weighted by Crippen LogP contribution is 2.24. The summed E-state index contributed by atoms with van der Waals surface area (Å²) in [6.07, 6.45) is 1.92. The lowest BCUT2D eigenvalue weighted by Gasteiger charge is -2.35. The lowest BCUT2D eigenvalue weighted by molar-refractivity contribution is -0.127. The fraction of sp³-hybridized carbons (Fsp3) is 0.579. The van der Waals surface area contributed by atoms with E-state index in [4.69, 9.17) is 10.5 Å². The molecule has 4 N–H and O–H groups in total. The summed E-state index contributed by atoms with van der Waals surface area (Å²) in [6, 6.07) is 7.37. The molecule has 0 spiro atoms. The third kappa shape index (κ3) is 7.73. The number of nitrogens with two attached hydrogens (primary N) is 1. The Morgan fingerprint density at radius 1 is 1.32 bits per heavy atom. The number of anilines is 1. The van der Waals surface area contributed by atoms with Crippen LogP contribution in [0.4, 0.5) is 5.69 Å². The van der Waals surface area contributed by atoms with Crippen LogP contribution in [0.2, 0.25) is 0 Å². The van der Waals surface area contributed by atoms with E-state index in [9.17, 15) is 9.59 Å². The molecule has 0 radical (unpaired) electrons. The zero-order valence-electron chi connectivity index (χ0n) is 16.6. The van der Waals surface area contributed by atoms with Crippen LogP contribution in [0.3, 0.4) is 0 Å². The molecule has 9 heteroatoms. The number of benzene rings is 1. The van der Waals surface area contributed by atoms with Crippen molar-refractivity contribution in [1.29, 1.82) is 0 Å². The molecule has 2 amide bonds. The van der Waals surface area contributed by atoms with Gasteiger partial charge in [0.15, 0.2) is 0 Å². The average molecular weight is 435 g/mol. The SMILES string of the molecule is COc1cccc(N2CCCC(NC(=O)CNC(=O)[C@@H](N)C(C)C)C2)c1.Cl.Cl. The third-order valence-electron chi connectivity index (χ3n) is 4.65. The van der Waals surface area contributed by atoms with E-state index >= 15 is 0 Å². The van der Waals surface area contributed by atoms with Crippen molar-refractivity contribution in [3.05, 3.63) is 24.3 Å². The molecule has 0 saturated carbocycles. The number of nitrogens with one attached hydrogen (secondary N) is 2. The van der Waals surface area contributed by atoms with Crippen LogP contribution in [0.5, 0.6) is 5.75 Å². The van der Waals surface area contributed by atoms with Crippen molar-refractivity contribution in [2.45, 2.75) is 38.8 Å². The second-order valence-electron chi connectivity index (χ2n) is 7.04. The summed E-state index contributed by atoms with van der Waals surface area (Å²) >= 11 is 0. The van der Waals surface area contributed by atoms with Gasteiger partial charge in [0, 0.05) is 30.9 Å². The van der Waals surface area contributed by atoms with Gasteiger partial charge in [0.2, 0.25) is 11.8 Å². The molecule has 1 unspecified atom stereocenters. The third-order valence-corrected chi connectivity index (χ3v) is 4.65. The number of piperidine rings is 1. The molecule has 1 aromatic rings. The van der Waals surface area contributed by atoms with E-state index in [1.54, 1.807) is 7.11 Å². The molecule has 160 valence electrons. The molecule has 1 fully saturated rings. The zero-order valence-corrected chi connectivity index (χ0v) is 18.3. The first-order chi connectivity index (χ1) is 12.4. The number of carbonyl (C=O) groups is 2. The van der Waals surface area contributed by atoms with Crippen LogP contribution in [0.15, 0.2) is 24.3 Å². The Kier molecular flexibility index (Phi) is 11.9. The maximum atomic E-state index is 12.1. The first-order valence-electron chi connectivity index (χ1n) is 9.12. The van der Waals surface area contributed by atoms with Gasteiger partial charge in [0.05, 0.1) is 19.7 Å². The van der Waals surface area contributed by atoms with E-state index in [1.807, 2.05) is 38.1 Å². The Bertz CT molecular complexity index is 631.